The molecule has 3 aromatic rings. The molecular formula is C24H25F3N4O3. The minimum absolute atomic E-state index is 0.0935. The molecule has 2 aliphatic rings. The summed E-state index contributed by atoms with van der Waals surface area (Å²) in [5.41, 5.74) is -0.740. The fourth-order valence-electron chi connectivity index (χ4n) is 5.47. The van der Waals surface area contributed by atoms with Crippen molar-refractivity contribution in [3.05, 3.63) is 64.3 Å². The third-order valence-corrected chi connectivity index (χ3v) is 6.93. The van der Waals surface area contributed by atoms with Crippen molar-refractivity contribution in [2.24, 2.45) is 0 Å². The Kier molecular flexibility index (Phi) is 5.22. The molecule has 1 saturated carbocycles. The van der Waals surface area contributed by atoms with Gasteiger partial charge in [0.1, 0.15) is 11.3 Å². The highest BCUT2D eigenvalue weighted by Gasteiger charge is 2.51. The van der Waals surface area contributed by atoms with E-state index in [0.29, 0.717) is 25.7 Å². The first-order valence-electron chi connectivity index (χ1n) is 11.3. The van der Waals surface area contributed by atoms with Crippen LogP contribution in [0.15, 0.2) is 47.4 Å². The molecular weight excluding hydrogens is 449 g/mol. The average Bonchev–Trinajstić information content (AvgIpc) is 3.24. The quantitative estimate of drug-likeness (QED) is 0.566. The van der Waals surface area contributed by atoms with Gasteiger partial charge in [-0.3, -0.25) is 9.47 Å². The lowest BCUT2D eigenvalue weighted by molar-refractivity contribution is -0.141. The second kappa shape index (κ2) is 7.89. The van der Waals surface area contributed by atoms with Crippen LogP contribution >= 0.6 is 0 Å². The van der Waals surface area contributed by atoms with Crippen LogP contribution in [0.3, 0.4) is 0 Å². The second-order valence-electron chi connectivity index (χ2n) is 9.54. The molecule has 10 heteroatoms. The number of cyclic esters (lactones) is 1. The first-order valence-corrected chi connectivity index (χ1v) is 11.3. The molecule has 0 bridgehead atoms. The largest absolute Gasteiger partial charge is 0.441 e. The SMILES string of the molecule is CC1(C)OC(=O)N(C2CCC(n3c(=O)[nH]c4cnc(C(F)(F)F)cc43)CC2)C1c1ccccc1. The highest BCUT2D eigenvalue weighted by atomic mass is 19.4. The van der Waals surface area contributed by atoms with E-state index in [0.717, 1.165) is 17.8 Å². The highest BCUT2D eigenvalue weighted by Crippen LogP contribution is 2.45. The van der Waals surface area contributed by atoms with E-state index in [1.807, 2.05) is 44.2 Å². The molecule has 0 spiro atoms. The van der Waals surface area contributed by atoms with Gasteiger partial charge in [-0.1, -0.05) is 30.3 Å². The molecule has 1 amide bonds. The van der Waals surface area contributed by atoms with Crippen LogP contribution < -0.4 is 5.69 Å². The lowest BCUT2D eigenvalue weighted by Gasteiger charge is -2.38. The smallest absolute Gasteiger partial charge is 0.433 e. The maximum absolute atomic E-state index is 13.2. The Labute approximate surface area is 193 Å². The molecule has 3 heterocycles. The van der Waals surface area contributed by atoms with Crippen molar-refractivity contribution in [2.45, 2.75) is 69.4 Å². The molecule has 1 N–H and O–H groups in total. The van der Waals surface area contributed by atoms with Crippen molar-refractivity contribution in [3.8, 4) is 0 Å². The van der Waals surface area contributed by atoms with Gasteiger partial charge in [-0.05, 0) is 51.2 Å². The number of H-pyrrole nitrogens is 1. The Balaban J connectivity index is 1.41. The summed E-state index contributed by atoms with van der Waals surface area (Å²) in [5, 5.41) is 0. The normalized spacial score (nSPS) is 25.0. The number of carbonyl (C=O) groups is 1. The monoisotopic (exact) mass is 474 g/mol. The standard InChI is InChI=1S/C24H25F3N4O3/c1-23(2)20(14-6-4-3-5-7-14)31(22(33)34-23)16-10-8-15(9-11-16)30-18-12-19(24(25,26)27)28-13-17(18)29-21(30)32/h3-7,12-13,15-16,20H,8-11H2,1-2H3,(H,29,32). The Morgan fingerprint density at radius 2 is 1.71 bits per heavy atom. The Morgan fingerprint density at radius 3 is 2.35 bits per heavy atom. The zero-order valence-electron chi connectivity index (χ0n) is 18.8. The number of carbonyl (C=O) groups excluding carboxylic acids is 1. The molecule has 2 aromatic heterocycles. The van der Waals surface area contributed by atoms with Crippen LogP contribution in [0.25, 0.3) is 11.0 Å². The summed E-state index contributed by atoms with van der Waals surface area (Å²) in [7, 11) is 0. The van der Waals surface area contributed by atoms with E-state index < -0.39 is 23.2 Å². The van der Waals surface area contributed by atoms with Crippen molar-refractivity contribution < 1.29 is 22.7 Å². The van der Waals surface area contributed by atoms with Gasteiger partial charge in [-0.2, -0.15) is 13.2 Å². The lowest BCUT2D eigenvalue weighted by Crippen LogP contribution is -2.43. The fraction of sp³-hybridized carbons (Fsp3) is 0.458. The number of alkyl halides is 3. The van der Waals surface area contributed by atoms with Gasteiger partial charge in [0.2, 0.25) is 0 Å². The van der Waals surface area contributed by atoms with Crippen LogP contribution in [0, 0.1) is 0 Å². The van der Waals surface area contributed by atoms with E-state index in [1.165, 1.54) is 4.57 Å². The van der Waals surface area contributed by atoms with Gasteiger partial charge in [0.15, 0.2) is 0 Å². The number of hydrogen-bond donors (Lipinski definition) is 1. The average molecular weight is 474 g/mol. The predicted octanol–water partition coefficient (Wildman–Crippen LogP) is 5.20. The number of aromatic amines is 1. The van der Waals surface area contributed by atoms with E-state index in [4.69, 9.17) is 4.74 Å². The first kappa shape index (κ1) is 22.5. The van der Waals surface area contributed by atoms with E-state index >= 15 is 0 Å². The summed E-state index contributed by atoms with van der Waals surface area (Å²) < 4.78 is 46.7. The third-order valence-electron chi connectivity index (χ3n) is 6.93. The van der Waals surface area contributed by atoms with Crippen molar-refractivity contribution >= 4 is 17.1 Å². The third kappa shape index (κ3) is 3.74. The molecule has 1 aliphatic heterocycles. The van der Waals surface area contributed by atoms with Gasteiger partial charge in [0.25, 0.3) is 0 Å². The number of nitrogens with zero attached hydrogens (tertiary/aromatic N) is 3. The summed E-state index contributed by atoms with van der Waals surface area (Å²) in [4.78, 5) is 33.3. The van der Waals surface area contributed by atoms with Crippen molar-refractivity contribution in [3.63, 3.8) is 0 Å². The maximum atomic E-state index is 13.2. The molecule has 1 saturated heterocycles. The van der Waals surface area contributed by atoms with Gasteiger partial charge < -0.3 is 9.72 Å². The van der Waals surface area contributed by atoms with Gasteiger partial charge in [-0.25, -0.2) is 14.6 Å². The number of amides is 1. The van der Waals surface area contributed by atoms with Gasteiger partial charge >= 0.3 is 18.0 Å². The number of hydrogen-bond acceptors (Lipinski definition) is 4. The molecule has 1 aromatic carbocycles. The minimum atomic E-state index is -4.60. The number of halogens is 3. The molecule has 0 radical (unpaired) electrons. The molecule has 1 aliphatic carbocycles. The number of pyridine rings is 1. The Morgan fingerprint density at radius 1 is 1.06 bits per heavy atom. The summed E-state index contributed by atoms with van der Waals surface area (Å²) in [5.74, 6) is 0. The zero-order valence-corrected chi connectivity index (χ0v) is 18.8. The summed E-state index contributed by atoms with van der Waals surface area (Å²) in [6.45, 7) is 3.79. The molecule has 5 rings (SSSR count). The van der Waals surface area contributed by atoms with E-state index in [-0.39, 0.29) is 35.3 Å². The number of imidazole rings is 1. The summed E-state index contributed by atoms with van der Waals surface area (Å²) in [6, 6.07) is 10.0. The highest BCUT2D eigenvalue weighted by molar-refractivity contribution is 5.75. The van der Waals surface area contributed by atoms with Crippen molar-refractivity contribution in [2.75, 3.05) is 0 Å². The Bertz CT molecular complexity index is 1270. The van der Waals surface area contributed by atoms with E-state index in [1.54, 1.807) is 4.90 Å². The lowest BCUT2D eigenvalue weighted by atomic mass is 9.86. The van der Waals surface area contributed by atoms with Crippen LogP contribution in [0.5, 0.6) is 0 Å². The number of ether oxygens (including phenoxy) is 1. The number of rotatable bonds is 3. The van der Waals surface area contributed by atoms with Crippen molar-refractivity contribution in [1.29, 1.82) is 0 Å². The van der Waals surface area contributed by atoms with Crippen molar-refractivity contribution in [1.82, 2.24) is 19.4 Å². The van der Waals surface area contributed by atoms with Gasteiger partial charge in [-0.15, -0.1) is 0 Å². The summed E-state index contributed by atoms with van der Waals surface area (Å²) >= 11 is 0. The summed E-state index contributed by atoms with van der Waals surface area (Å²) in [6.07, 6.45) is -1.61. The fourth-order valence-corrected chi connectivity index (χ4v) is 5.47. The molecule has 7 nitrogen and oxygen atoms in total. The number of fused-ring (bicyclic) bond motifs is 1. The molecule has 2 fully saturated rings. The molecule has 1 atom stereocenters. The second-order valence-corrected chi connectivity index (χ2v) is 9.54. The number of nitrogens with one attached hydrogen (secondary N) is 1. The van der Waals surface area contributed by atoms with Gasteiger partial charge in [0, 0.05) is 12.1 Å². The van der Waals surface area contributed by atoms with Crippen LogP contribution in [-0.4, -0.2) is 37.2 Å². The molecule has 180 valence electrons. The number of aromatic nitrogens is 3. The van der Waals surface area contributed by atoms with E-state index in [2.05, 4.69) is 9.97 Å². The van der Waals surface area contributed by atoms with Crippen LogP contribution in [0.1, 0.15) is 62.9 Å². The number of benzene rings is 1. The zero-order chi connectivity index (χ0) is 24.3. The topological polar surface area (TPSA) is 80.2 Å². The predicted molar refractivity (Wildman–Crippen MR) is 118 cm³/mol. The first-order chi connectivity index (χ1) is 16.1. The molecule has 1 unspecified atom stereocenters. The minimum Gasteiger partial charge on any atom is -0.441 e. The van der Waals surface area contributed by atoms with E-state index in [9.17, 15) is 22.8 Å². The van der Waals surface area contributed by atoms with Crippen LogP contribution in [0.2, 0.25) is 0 Å². The maximum Gasteiger partial charge on any atom is 0.433 e. The van der Waals surface area contributed by atoms with Gasteiger partial charge in [0.05, 0.1) is 23.3 Å². The molecule has 34 heavy (non-hydrogen) atoms. The van der Waals surface area contributed by atoms with Crippen LogP contribution in [0.4, 0.5) is 18.0 Å². The van der Waals surface area contributed by atoms with Crippen LogP contribution in [-0.2, 0) is 10.9 Å². The Hall–Kier alpha value is -3.30.